The van der Waals surface area contributed by atoms with Crippen LogP contribution in [0.1, 0.15) is 17.5 Å². The van der Waals surface area contributed by atoms with Crippen molar-refractivity contribution < 1.29 is 4.74 Å². The molecule has 1 aliphatic rings. The molecule has 1 aromatic heterocycles. The molecule has 0 spiro atoms. The fourth-order valence-corrected chi connectivity index (χ4v) is 2.52. The summed E-state index contributed by atoms with van der Waals surface area (Å²) < 4.78 is 5.98. The van der Waals surface area contributed by atoms with Crippen LogP contribution < -0.4 is 9.64 Å². The molecule has 2 aromatic rings. The zero-order chi connectivity index (χ0) is 14.7. The summed E-state index contributed by atoms with van der Waals surface area (Å²) >= 11 is 0. The van der Waals surface area contributed by atoms with Crippen molar-refractivity contribution in [3.8, 4) is 11.8 Å². The highest BCUT2D eigenvalue weighted by Gasteiger charge is 2.25. The maximum absolute atomic E-state index is 9.10. The number of rotatable bonds is 3. The molecule has 0 aliphatic carbocycles. The summed E-state index contributed by atoms with van der Waals surface area (Å²) in [5.41, 5.74) is 1.75. The Bertz CT molecular complexity index is 660. The topological polar surface area (TPSA) is 49.1 Å². The summed E-state index contributed by atoms with van der Waals surface area (Å²) in [6.45, 7) is 3.76. The number of benzene rings is 1. The van der Waals surface area contributed by atoms with Gasteiger partial charge in [-0.15, -0.1) is 0 Å². The van der Waals surface area contributed by atoms with Crippen LogP contribution in [0.15, 0.2) is 42.6 Å². The lowest BCUT2D eigenvalue weighted by molar-refractivity contribution is 0.224. The van der Waals surface area contributed by atoms with Gasteiger partial charge in [0.15, 0.2) is 0 Å². The molecule has 21 heavy (non-hydrogen) atoms. The van der Waals surface area contributed by atoms with E-state index in [4.69, 9.17) is 10.00 Å². The first kappa shape index (κ1) is 13.4. The fraction of sp³-hybridized carbons (Fsp3) is 0.294. The molecule has 1 aliphatic heterocycles. The summed E-state index contributed by atoms with van der Waals surface area (Å²) in [7, 11) is 0. The summed E-state index contributed by atoms with van der Waals surface area (Å²) in [6, 6.07) is 13.7. The van der Waals surface area contributed by atoms with Gasteiger partial charge in [0.05, 0.1) is 12.1 Å². The lowest BCUT2D eigenvalue weighted by atomic mass is 10.2. The average Bonchev–Trinajstić information content (AvgIpc) is 2.97. The van der Waals surface area contributed by atoms with E-state index < -0.39 is 0 Å². The monoisotopic (exact) mass is 279 g/mol. The van der Waals surface area contributed by atoms with Crippen molar-refractivity contribution in [2.24, 2.45) is 0 Å². The standard InChI is InChI=1S/C17H17N3O/c1-13-6-7-17(19-11-13)20-9-8-15(12-20)21-16-5-3-2-4-14(16)10-18/h2-7,11,15H,8-9,12H2,1H3/t15-/m1/s1. The number of pyridine rings is 1. The van der Waals surface area contributed by atoms with Crippen LogP contribution in [0.5, 0.6) is 5.75 Å². The molecule has 0 saturated carbocycles. The average molecular weight is 279 g/mol. The molecule has 0 N–H and O–H groups in total. The second-order valence-electron chi connectivity index (χ2n) is 5.28. The summed E-state index contributed by atoms with van der Waals surface area (Å²) in [4.78, 5) is 6.67. The largest absolute Gasteiger partial charge is 0.487 e. The Morgan fingerprint density at radius 1 is 1.29 bits per heavy atom. The number of nitrogens with zero attached hydrogens (tertiary/aromatic N) is 3. The van der Waals surface area contributed by atoms with Gasteiger partial charge in [-0.1, -0.05) is 18.2 Å². The Hall–Kier alpha value is -2.54. The van der Waals surface area contributed by atoms with E-state index in [1.54, 1.807) is 6.07 Å². The van der Waals surface area contributed by atoms with Crippen LogP contribution in [0.25, 0.3) is 0 Å². The predicted octanol–water partition coefficient (Wildman–Crippen LogP) is 2.92. The van der Waals surface area contributed by atoms with Crippen LogP contribution in [0.3, 0.4) is 0 Å². The first-order valence-electron chi connectivity index (χ1n) is 7.09. The minimum absolute atomic E-state index is 0.0996. The molecule has 4 heteroatoms. The zero-order valence-corrected chi connectivity index (χ0v) is 12.0. The van der Waals surface area contributed by atoms with Crippen LogP contribution >= 0.6 is 0 Å². The van der Waals surface area contributed by atoms with Gasteiger partial charge >= 0.3 is 0 Å². The number of aryl methyl sites for hydroxylation is 1. The zero-order valence-electron chi connectivity index (χ0n) is 12.0. The first-order chi connectivity index (χ1) is 10.3. The number of nitriles is 1. The van der Waals surface area contributed by atoms with Gasteiger partial charge < -0.3 is 9.64 Å². The van der Waals surface area contributed by atoms with Crippen LogP contribution in [-0.4, -0.2) is 24.2 Å². The minimum Gasteiger partial charge on any atom is -0.487 e. The summed E-state index contributed by atoms with van der Waals surface area (Å²) in [6.07, 6.45) is 2.92. The van der Waals surface area contributed by atoms with Gasteiger partial charge in [0.25, 0.3) is 0 Å². The number of anilines is 1. The third-order valence-corrected chi connectivity index (χ3v) is 3.67. The molecule has 0 bridgehead atoms. The molecule has 1 atom stereocenters. The quantitative estimate of drug-likeness (QED) is 0.866. The second kappa shape index (κ2) is 5.84. The predicted molar refractivity (Wildman–Crippen MR) is 81.4 cm³/mol. The van der Waals surface area contributed by atoms with E-state index in [0.29, 0.717) is 11.3 Å². The summed E-state index contributed by atoms with van der Waals surface area (Å²) in [5.74, 6) is 1.66. The van der Waals surface area contributed by atoms with Crippen molar-refractivity contribution in [3.05, 3.63) is 53.7 Å². The molecular formula is C17H17N3O. The van der Waals surface area contributed by atoms with Crippen LogP contribution in [0.2, 0.25) is 0 Å². The van der Waals surface area contributed by atoms with Gasteiger partial charge in [-0.05, 0) is 30.7 Å². The highest BCUT2D eigenvalue weighted by molar-refractivity contribution is 5.44. The van der Waals surface area contributed by atoms with Crippen molar-refractivity contribution >= 4 is 5.82 Å². The van der Waals surface area contributed by atoms with Gasteiger partial charge in [-0.2, -0.15) is 5.26 Å². The van der Waals surface area contributed by atoms with Crippen molar-refractivity contribution in [1.29, 1.82) is 5.26 Å². The van der Waals surface area contributed by atoms with Crippen molar-refractivity contribution in [2.75, 3.05) is 18.0 Å². The molecule has 0 amide bonds. The highest BCUT2D eigenvalue weighted by Crippen LogP contribution is 2.24. The number of hydrogen-bond acceptors (Lipinski definition) is 4. The van der Waals surface area contributed by atoms with Gasteiger partial charge in [0.2, 0.25) is 0 Å². The normalized spacial score (nSPS) is 17.5. The van der Waals surface area contributed by atoms with E-state index in [9.17, 15) is 0 Å². The van der Waals surface area contributed by atoms with Crippen LogP contribution in [-0.2, 0) is 0 Å². The lowest BCUT2D eigenvalue weighted by Gasteiger charge is -2.18. The van der Waals surface area contributed by atoms with E-state index in [-0.39, 0.29) is 6.10 Å². The Morgan fingerprint density at radius 3 is 2.90 bits per heavy atom. The maximum Gasteiger partial charge on any atom is 0.137 e. The third-order valence-electron chi connectivity index (χ3n) is 3.67. The SMILES string of the molecule is Cc1ccc(N2CC[C@@H](Oc3ccccc3C#N)C2)nc1. The number of para-hydroxylation sites is 1. The van der Waals surface area contributed by atoms with Gasteiger partial charge in [-0.3, -0.25) is 0 Å². The van der Waals surface area contributed by atoms with E-state index >= 15 is 0 Å². The molecule has 2 heterocycles. The summed E-state index contributed by atoms with van der Waals surface area (Å²) in [5, 5.41) is 9.10. The second-order valence-corrected chi connectivity index (χ2v) is 5.28. The van der Waals surface area contributed by atoms with E-state index in [2.05, 4.69) is 22.0 Å². The van der Waals surface area contributed by atoms with Crippen molar-refractivity contribution in [1.82, 2.24) is 4.98 Å². The molecule has 0 radical (unpaired) electrons. The van der Waals surface area contributed by atoms with Gasteiger partial charge in [0.1, 0.15) is 23.7 Å². The Balaban J connectivity index is 1.67. The molecule has 106 valence electrons. The lowest BCUT2D eigenvalue weighted by Crippen LogP contribution is -2.25. The number of hydrogen-bond donors (Lipinski definition) is 0. The molecule has 1 fully saturated rings. The fourth-order valence-electron chi connectivity index (χ4n) is 2.52. The molecule has 1 aromatic carbocycles. The molecule has 3 rings (SSSR count). The Labute approximate surface area is 124 Å². The third kappa shape index (κ3) is 2.97. The Kier molecular flexibility index (Phi) is 3.74. The van der Waals surface area contributed by atoms with Crippen LogP contribution in [0, 0.1) is 18.3 Å². The highest BCUT2D eigenvalue weighted by atomic mass is 16.5. The maximum atomic E-state index is 9.10. The number of aromatic nitrogens is 1. The first-order valence-corrected chi connectivity index (χ1v) is 7.09. The van der Waals surface area contributed by atoms with E-state index in [1.807, 2.05) is 37.4 Å². The Morgan fingerprint density at radius 2 is 2.14 bits per heavy atom. The molecule has 1 saturated heterocycles. The van der Waals surface area contributed by atoms with E-state index in [1.165, 1.54) is 0 Å². The van der Waals surface area contributed by atoms with E-state index in [0.717, 1.165) is 30.9 Å². The minimum atomic E-state index is 0.0996. The van der Waals surface area contributed by atoms with Gasteiger partial charge in [0, 0.05) is 19.2 Å². The van der Waals surface area contributed by atoms with Gasteiger partial charge in [-0.25, -0.2) is 4.98 Å². The molecular weight excluding hydrogens is 262 g/mol. The smallest absolute Gasteiger partial charge is 0.137 e. The van der Waals surface area contributed by atoms with Crippen LogP contribution in [0.4, 0.5) is 5.82 Å². The molecule has 0 unspecified atom stereocenters. The number of ether oxygens (including phenoxy) is 1. The molecule has 4 nitrogen and oxygen atoms in total. The van der Waals surface area contributed by atoms with Crippen molar-refractivity contribution in [2.45, 2.75) is 19.4 Å². The van der Waals surface area contributed by atoms with Crippen molar-refractivity contribution in [3.63, 3.8) is 0 Å².